The zero-order valence-corrected chi connectivity index (χ0v) is 15.3. The van der Waals surface area contributed by atoms with Crippen molar-refractivity contribution in [2.45, 2.75) is 50.3 Å². The molecule has 1 aromatic carbocycles. The molecule has 0 N–H and O–H groups in total. The van der Waals surface area contributed by atoms with Crippen LogP contribution < -0.4 is 0 Å². The SMILES string of the molecule is CC12OCCCC1N1CCN(C3CC3)C(=O)C1=C2c1ccc(Cl)cc1. The van der Waals surface area contributed by atoms with Crippen LogP contribution in [0.25, 0.3) is 5.57 Å². The zero-order chi connectivity index (χ0) is 17.2. The van der Waals surface area contributed by atoms with E-state index in [1.807, 2.05) is 24.3 Å². The quantitative estimate of drug-likeness (QED) is 0.813. The van der Waals surface area contributed by atoms with Crippen LogP contribution in [0.2, 0.25) is 5.02 Å². The van der Waals surface area contributed by atoms with Crippen LogP contribution in [0.15, 0.2) is 30.0 Å². The number of hydrogen-bond donors (Lipinski definition) is 0. The summed E-state index contributed by atoms with van der Waals surface area (Å²) in [6.45, 7) is 4.68. The largest absolute Gasteiger partial charge is 0.368 e. The first-order valence-corrected chi connectivity index (χ1v) is 9.69. The van der Waals surface area contributed by atoms with Crippen LogP contribution in [-0.4, -0.2) is 53.1 Å². The second kappa shape index (κ2) is 5.49. The lowest BCUT2D eigenvalue weighted by Crippen LogP contribution is -2.55. The molecule has 1 aromatic rings. The maximum atomic E-state index is 13.4. The Hall–Kier alpha value is -1.52. The van der Waals surface area contributed by atoms with Crippen molar-refractivity contribution in [3.63, 3.8) is 0 Å². The highest BCUT2D eigenvalue weighted by molar-refractivity contribution is 6.30. The van der Waals surface area contributed by atoms with Crippen molar-refractivity contribution in [2.24, 2.45) is 0 Å². The molecule has 132 valence electrons. The second-order valence-electron chi connectivity index (χ2n) is 7.77. The number of carbonyl (C=O) groups excluding carboxylic acids is 1. The third kappa shape index (κ3) is 2.27. The summed E-state index contributed by atoms with van der Waals surface area (Å²) < 4.78 is 6.34. The van der Waals surface area contributed by atoms with Gasteiger partial charge in [-0.15, -0.1) is 0 Å². The van der Waals surface area contributed by atoms with E-state index in [9.17, 15) is 4.79 Å². The highest BCUT2D eigenvalue weighted by Crippen LogP contribution is 2.51. The highest BCUT2D eigenvalue weighted by Gasteiger charge is 2.56. The lowest BCUT2D eigenvalue weighted by molar-refractivity contribution is -0.133. The minimum Gasteiger partial charge on any atom is -0.368 e. The first-order valence-electron chi connectivity index (χ1n) is 9.32. The maximum Gasteiger partial charge on any atom is 0.270 e. The van der Waals surface area contributed by atoms with E-state index in [-0.39, 0.29) is 11.9 Å². The third-order valence-corrected chi connectivity index (χ3v) is 6.47. The Kier molecular flexibility index (Phi) is 3.45. The van der Waals surface area contributed by atoms with Crippen molar-refractivity contribution in [3.8, 4) is 0 Å². The van der Waals surface area contributed by atoms with Gasteiger partial charge in [0.15, 0.2) is 0 Å². The fourth-order valence-electron chi connectivity index (χ4n) is 4.88. The zero-order valence-electron chi connectivity index (χ0n) is 14.5. The van der Waals surface area contributed by atoms with E-state index in [4.69, 9.17) is 16.3 Å². The number of benzene rings is 1. The van der Waals surface area contributed by atoms with E-state index >= 15 is 0 Å². The molecule has 2 atom stereocenters. The lowest BCUT2D eigenvalue weighted by Gasteiger charge is -2.44. The van der Waals surface area contributed by atoms with E-state index in [0.29, 0.717) is 11.1 Å². The molecule has 3 fully saturated rings. The van der Waals surface area contributed by atoms with Crippen LogP contribution in [0.4, 0.5) is 0 Å². The van der Waals surface area contributed by atoms with Crippen molar-refractivity contribution in [2.75, 3.05) is 19.7 Å². The standard InChI is InChI=1S/C20H23ClN2O2/c1-20-16(3-2-12-25-20)23-11-10-22(15-8-9-15)19(24)18(23)17(20)13-4-6-14(21)7-5-13/h4-7,15-16H,2-3,8-12H2,1H3. The van der Waals surface area contributed by atoms with Gasteiger partial charge in [0, 0.05) is 36.3 Å². The molecule has 3 aliphatic heterocycles. The van der Waals surface area contributed by atoms with Gasteiger partial charge < -0.3 is 14.5 Å². The lowest BCUT2D eigenvalue weighted by atomic mass is 9.82. The Morgan fingerprint density at radius 2 is 1.84 bits per heavy atom. The smallest absolute Gasteiger partial charge is 0.270 e. The van der Waals surface area contributed by atoms with Gasteiger partial charge in [0.25, 0.3) is 5.91 Å². The Labute approximate surface area is 153 Å². The van der Waals surface area contributed by atoms with Gasteiger partial charge in [-0.1, -0.05) is 23.7 Å². The normalized spacial score (nSPS) is 32.1. The van der Waals surface area contributed by atoms with Crippen LogP contribution in [0.3, 0.4) is 0 Å². The third-order valence-electron chi connectivity index (χ3n) is 6.22. The molecule has 0 bridgehead atoms. The molecular formula is C20H23ClN2O2. The number of rotatable bonds is 2. The number of nitrogens with zero attached hydrogens (tertiary/aromatic N) is 2. The molecule has 3 heterocycles. The first kappa shape index (κ1) is 15.7. The first-order chi connectivity index (χ1) is 12.1. The van der Waals surface area contributed by atoms with E-state index in [1.54, 1.807) is 0 Å². The van der Waals surface area contributed by atoms with Gasteiger partial charge in [0.1, 0.15) is 11.3 Å². The van der Waals surface area contributed by atoms with Crippen molar-refractivity contribution < 1.29 is 9.53 Å². The number of fused-ring (bicyclic) bond motifs is 3. The number of carbonyl (C=O) groups is 1. The number of piperazine rings is 1. The minimum absolute atomic E-state index is 0.193. The summed E-state index contributed by atoms with van der Waals surface area (Å²) in [4.78, 5) is 17.8. The number of amides is 1. The van der Waals surface area contributed by atoms with Crippen LogP contribution in [0.1, 0.15) is 38.2 Å². The average Bonchev–Trinajstić information content (AvgIpc) is 3.40. The highest BCUT2D eigenvalue weighted by atomic mass is 35.5. The van der Waals surface area contributed by atoms with Crippen LogP contribution in [0, 0.1) is 0 Å². The molecule has 2 unspecified atom stereocenters. The van der Waals surface area contributed by atoms with E-state index in [1.165, 1.54) is 0 Å². The molecule has 4 aliphatic rings. The molecule has 1 aliphatic carbocycles. The van der Waals surface area contributed by atoms with Crippen LogP contribution in [0.5, 0.6) is 0 Å². The summed E-state index contributed by atoms with van der Waals surface area (Å²) in [7, 11) is 0. The van der Waals surface area contributed by atoms with Gasteiger partial charge in [0.2, 0.25) is 0 Å². The number of ether oxygens (including phenoxy) is 1. The van der Waals surface area contributed by atoms with Gasteiger partial charge in [-0.3, -0.25) is 4.79 Å². The molecular weight excluding hydrogens is 336 g/mol. The molecule has 1 saturated carbocycles. The monoisotopic (exact) mass is 358 g/mol. The van der Waals surface area contributed by atoms with Crippen molar-refractivity contribution in [3.05, 3.63) is 40.5 Å². The van der Waals surface area contributed by atoms with Gasteiger partial charge in [0.05, 0.1) is 6.04 Å². The molecule has 5 rings (SSSR count). The maximum absolute atomic E-state index is 13.4. The van der Waals surface area contributed by atoms with Gasteiger partial charge in [-0.05, 0) is 50.3 Å². The van der Waals surface area contributed by atoms with Crippen molar-refractivity contribution in [1.82, 2.24) is 9.80 Å². The Morgan fingerprint density at radius 3 is 2.56 bits per heavy atom. The Morgan fingerprint density at radius 1 is 1.12 bits per heavy atom. The molecule has 1 amide bonds. The topological polar surface area (TPSA) is 32.8 Å². The number of hydrogen-bond acceptors (Lipinski definition) is 3. The van der Waals surface area contributed by atoms with E-state index in [0.717, 1.165) is 62.2 Å². The summed E-state index contributed by atoms with van der Waals surface area (Å²) in [6.07, 6.45) is 4.42. The second-order valence-corrected chi connectivity index (χ2v) is 8.20. The van der Waals surface area contributed by atoms with Crippen LogP contribution in [-0.2, 0) is 9.53 Å². The molecule has 0 aromatic heterocycles. The van der Waals surface area contributed by atoms with Gasteiger partial charge in [-0.25, -0.2) is 0 Å². The Balaban J connectivity index is 1.67. The average molecular weight is 359 g/mol. The predicted octanol–water partition coefficient (Wildman–Crippen LogP) is 3.31. The fourth-order valence-corrected chi connectivity index (χ4v) is 5.01. The molecule has 0 radical (unpaired) electrons. The van der Waals surface area contributed by atoms with Crippen LogP contribution >= 0.6 is 11.6 Å². The molecule has 0 spiro atoms. The molecule has 4 nitrogen and oxygen atoms in total. The summed E-state index contributed by atoms with van der Waals surface area (Å²) >= 11 is 6.10. The summed E-state index contributed by atoms with van der Waals surface area (Å²) in [6, 6.07) is 8.56. The Bertz CT molecular complexity index is 755. The van der Waals surface area contributed by atoms with Crippen molar-refractivity contribution >= 4 is 23.1 Å². The van der Waals surface area contributed by atoms with E-state index in [2.05, 4.69) is 16.7 Å². The minimum atomic E-state index is -0.420. The summed E-state index contributed by atoms with van der Waals surface area (Å²) in [5.41, 5.74) is 2.57. The van der Waals surface area contributed by atoms with Gasteiger partial charge in [-0.2, -0.15) is 0 Å². The molecule has 2 saturated heterocycles. The summed E-state index contributed by atoms with van der Waals surface area (Å²) in [5.74, 6) is 0.193. The predicted molar refractivity (Wildman–Crippen MR) is 97.2 cm³/mol. The van der Waals surface area contributed by atoms with Gasteiger partial charge >= 0.3 is 0 Å². The molecule has 25 heavy (non-hydrogen) atoms. The molecule has 5 heteroatoms. The van der Waals surface area contributed by atoms with Crippen molar-refractivity contribution in [1.29, 1.82) is 0 Å². The summed E-state index contributed by atoms with van der Waals surface area (Å²) in [5, 5.41) is 0.713. The number of halogens is 1. The van der Waals surface area contributed by atoms with E-state index < -0.39 is 5.60 Å². The fraction of sp³-hybridized carbons (Fsp3) is 0.550.